The lowest BCUT2D eigenvalue weighted by atomic mass is 9.87. The molecule has 5 rings (SSSR count). The highest BCUT2D eigenvalue weighted by atomic mass is 16.5. The van der Waals surface area contributed by atoms with Crippen LogP contribution in [0.3, 0.4) is 0 Å². The van der Waals surface area contributed by atoms with E-state index in [9.17, 15) is 4.79 Å². The number of aromatic nitrogens is 1. The van der Waals surface area contributed by atoms with Gasteiger partial charge >= 0.3 is 0 Å². The minimum Gasteiger partial charge on any atom is -0.497 e. The smallest absolute Gasteiger partial charge is 0.223 e. The number of aryl methyl sites for hydroxylation is 1. The summed E-state index contributed by atoms with van der Waals surface area (Å²) >= 11 is 0. The molecule has 2 heterocycles. The average molecular weight is 425 g/mol. The quantitative estimate of drug-likeness (QED) is 0.436. The van der Waals surface area contributed by atoms with Crippen LogP contribution in [0, 0.1) is 0 Å². The van der Waals surface area contributed by atoms with E-state index in [2.05, 4.69) is 78.5 Å². The Hall–Kier alpha value is -3.53. The van der Waals surface area contributed by atoms with E-state index in [-0.39, 0.29) is 11.8 Å². The maximum absolute atomic E-state index is 13.5. The summed E-state index contributed by atoms with van der Waals surface area (Å²) in [6, 6.07) is 25.0. The third-order valence-electron chi connectivity index (χ3n) is 6.68. The monoisotopic (exact) mass is 424 g/mol. The minimum atomic E-state index is -0.0170. The van der Waals surface area contributed by atoms with Gasteiger partial charge in [-0.1, -0.05) is 54.6 Å². The Labute approximate surface area is 189 Å². The zero-order valence-corrected chi connectivity index (χ0v) is 18.6. The maximum atomic E-state index is 13.5. The number of nitrogens with zero attached hydrogens (tertiary/aromatic N) is 2. The van der Waals surface area contributed by atoms with E-state index < -0.39 is 0 Å². The van der Waals surface area contributed by atoms with E-state index in [4.69, 9.17) is 4.74 Å². The maximum Gasteiger partial charge on any atom is 0.223 e. The molecular weight excluding hydrogens is 396 g/mol. The Morgan fingerprint density at radius 3 is 2.47 bits per heavy atom. The number of amides is 1. The lowest BCUT2D eigenvalue weighted by Crippen LogP contribution is -2.36. The van der Waals surface area contributed by atoms with E-state index in [1.807, 2.05) is 17.0 Å². The van der Waals surface area contributed by atoms with E-state index >= 15 is 0 Å². The van der Waals surface area contributed by atoms with Crippen LogP contribution in [0.5, 0.6) is 5.75 Å². The molecule has 1 aromatic heterocycles. The van der Waals surface area contributed by atoms with Crippen LogP contribution >= 0.6 is 0 Å². The summed E-state index contributed by atoms with van der Waals surface area (Å²) in [7, 11) is 3.75. The Kier molecular flexibility index (Phi) is 5.44. The second kappa shape index (κ2) is 8.54. The van der Waals surface area contributed by atoms with Crippen LogP contribution in [-0.4, -0.2) is 29.0 Å². The molecule has 0 spiro atoms. The van der Waals surface area contributed by atoms with Gasteiger partial charge in [0, 0.05) is 49.6 Å². The van der Waals surface area contributed by atoms with Gasteiger partial charge in [-0.15, -0.1) is 0 Å². The van der Waals surface area contributed by atoms with Crippen LogP contribution in [0.25, 0.3) is 10.9 Å². The van der Waals surface area contributed by atoms with Crippen LogP contribution in [-0.2, 0) is 24.8 Å². The zero-order valence-electron chi connectivity index (χ0n) is 18.6. The molecule has 3 aromatic carbocycles. The van der Waals surface area contributed by atoms with Gasteiger partial charge in [0.25, 0.3) is 0 Å². The van der Waals surface area contributed by atoms with Crippen molar-refractivity contribution in [2.75, 3.05) is 13.7 Å². The van der Waals surface area contributed by atoms with Crippen molar-refractivity contribution in [1.29, 1.82) is 0 Å². The summed E-state index contributed by atoms with van der Waals surface area (Å²) in [4.78, 5) is 15.5. The van der Waals surface area contributed by atoms with E-state index in [1.54, 1.807) is 7.11 Å². The molecule has 162 valence electrons. The molecule has 0 bridgehead atoms. The predicted octanol–water partition coefficient (Wildman–Crippen LogP) is 5.29. The molecule has 32 heavy (non-hydrogen) atoms. The van der Waals surface area contributed by atoms with Crippen molar-refractivity contribution in [3.63, 3.8) is 0 Å². The number of hydrogen-bond donors (Lipinski definition) is 0. The summed E-state index contributed by atoms with van der Waals surface area (Å²) in [5, 5.41) is 1.20. The molecule has 4 nitrogen and oxygen atoms in total. The van der Waals surface area contributed by atoms with Crippen LogP contribution in [0.2, 0.25) is 0 Å². The highest BCUT2D eigenvalue weighted by molar-refractivity contribution is 5.86. The number of methoxy groups -OCH3 is 1. The molecule has 4 aromatic rings. The molecule has 1 aliphatic heterocycles. The summed E-state index contributed by atoms with van der Waals surface area (Å²) < 4.78 is 7.51. The van der Waals surface area contributed by atoms with Gasteiger partial charge in [-0.05, 0) is 46.9 Å². The fourth-order valence-corrected chi connectivity index (χ4v) is 4.91. The van der Waals surface area contributed by atoms with Gasteiger partial charge in [-0.25, -0.2) is 0 Å². The molecular formula is C28H28N2O2. The van der Waals surface area contributed by atoms with Crippen molar-refractivity contribution >= 4 is 16.8 Å². The number of para-hydroxylation sites is 1. The van der Waals surface area contributed by atoms with E-state index in [0.29, 0.717) is 13.0 Å². The summed E-state index contributed by atoms with van der Waals surface area (Å²) in [5.74, 6) is 1.01. The molecule has 1 aliphatic rings. The third-order valence-corrected chi connectivity index (χ3v) is 6.68. The molecule has 0 aliphatic carbocycles. The molecule has 0 fully saturated rings. The summed E-state index contributed by atoms with van der Waals surface area (Å²) in [5.41, 5.74) is 6.13. The molecule has 0 saturated carbocycles. The van der Waals surface area contributed by atoms with Gasteiger partial charge in [0.05, 0.1) is 7.11 Å². The van der Waals surface area contributed by atoms with Crippen LogP contribution in [0.4, 0.5) is 0 Å². The average Bonchev–Trinajstić information content (AvgIpc) is 3.18. The zero-order chi connectivity index (χ0) is 22.1. The van der Waals surface area contributed by atoms with Crippen molar-refractivity contribution in [3.05, 3.63) is 101 Å². The number of ether oxygens (including phenoxy) is 1. The lowest BCUT2D eigenvalue weighted by Gasteiger charge is -2.30. The Bertz CT molecular complexity index is 1260. The third kappa shape index (κ3) is 3.77. The molecule has 1 amide bonds. The first-order valence-corrected chi connectivity index (χ1v) is 11.2. The molecule has 1 atom stereocenters. The normalized spacial score (nSPS) is 14.2. The first-order valence-electron chi connectivity index (χ1n) is 11.2. The summed E-state index contributed by atoms with van der Waals surface area (Å²) in [6.07, 6.45) is 3.55. The standard InChI is InChI=1S/C28H28N2O2/c1-29-19-26(24-9-5-6-10-27(24)29)25(21-11-13-23(32-2)14-12-21)17-28(31)30-16-15-20-7-3-4-8-22(20)18-30/h3-14,19,25H,15-18H2,1-2H3. The molecule has 0 radical (unpaired) electrons. The Balaban J connectivity index is 1.49. The van der Waals surface area contributed by atoms with Gasteiger partial charge in [0.15, 0.2) is 0 Å². The predicted molar refractivity (Wildman–Crippen MR) is 128 cm³/mol. The number of hydrogen-bond acceptors (Lipinski definition) is 2. The Morgan fingerprint density at radius 2 is 1.69 bits per heavy atom. The molecule has 0 saturated heterocycles. The molecule has 4 heteroatoms. The second-order valence-electron chi connectivity index (χ2n) is 8.58. The number of carbonyl (C=O) groups excluding carboxylic acids is 1. The van der Waals surface area contributed by atoms with Gasteiger partial charge in [-0.2, -0.15) is 0 Å². The second-order valence-corrected chi connectivity index (χ2v) is 8.58. The van der Waals surface area contributed by atoms with Gasteiger partial charge in [0.1, 0.15) is 5.75 Å². The number of fused-ring (bicyclic) bond motifs is 2. The van der Waals surface area contributed by atoms with Crippen molar-refractivity contribution in [3.8, 4) is 5.75 Å². The minimum absolute atomic E-state index is 0.0170. The Morgan fingerprint density at radius 1 is 0.969 bits per heavy atom. The SMILES string of the molecule is COc1ccc(C(CC(=O)N2CCc3ccccc3C2)c2cn(C)c3ccccc23)cc1. The van der Waals surface area contributed by atoms with Crippen molar-refractivity contribution in [1.82, 2.24) is 9.47 Å². The van der Waals surface area contributed by atoms with Crippen molar-refractivity contribution in [2.45, 2.75) is 25.3 Å². The lowest BCUT2D eigenvalue weighted by molar-refractivity contribution is -0.132. The highest BCUT2D eigenvalue weighted by Gasteiger charge is 2.27. The first-order chi connectivity index (χ1) is 15.6. The fraction of sp³-hybridized carbons (Fsp3) is 0.250. The number of carbonyl (C=O) groups is 1. The van der Waals surface area contributed by atoms with Gasteiger partial charge < -0.3 is 14.2 Å². The largest absolute Gasteiger partial charge is 0.497 e. The number of rotatable bonds is 5. The topological polar surface area (TPSA) is 34.5 Å². The van der Waals surface area contributed by atoms with Gasteiger partial charge in [0.2, 0.25) is 5.91 Å². The van der Waals surface area contributed by atoms with E-state index in [0.717, 1.165) is 24.3 Å². The molecule has 0 N–H and O–H groups in total. The van der Waals surface area contributed by atoms with Gasteiger partial charge in [-0.3, -0.25) is 4.79 Å². The highest BCUT2D eigenvalue weighted by Crippen LogP contribution is 2.36. The van der Waals surface area contributed by atoms with Crippen molar-refractivity contribution < 1.29 is 9.53 Å². The summed E-state index contributed by atoms with van der Waals surface area (Å²) in [6.45, 7) is 1.47. The van der Waals surface area contributed by atoms with Crippen molar-refractivity contribution in [2.24, 2.45) is 7.05 Å². The van der Waals surface area contributed by atoms with Crippen LogP contribution in [0.15, 0.2) is 79.0 Å². The first kappa shape index (κ1) is 20.4. The van der Waals surface area contributed by atoms with Crippen LogP contribution in [0.1, 0.15) is 34.6 Å². The van der Waals surface area contributed by atoms with Crippen LogP contribution < -0.4 is 4.74 Å². The number of benzene rings is 3. The fourth-order valence-electron chi connectivity index (χ4n) is 4.91. The molecule has 1 unspecified atom stereocenters. The van der Waals surface area contributed by atoms with E-state index in [1.165, 1.54) is 27.6 Å².